The summed E-state index contributed by atoms with van der Waals surface area (Å²) in [4.78, 5) is 2.55. The number of nitrogens with zero attached hydrogens (tertiary/aromatic N) is 1. The van der Waals surface area contributed by atoms with Gasteiger partial charge in [-0.05, 0) is 50.7 Å². The molecule has 2 aliphatic rings. The number of rotatable bonds is 5. The van der Waals surface area contributed by atoms with E-state index in [1.165, 1.54) is 49.9 Å². The quantitative estimate of drug-likeness (QED) is 0.901. The third-order valence-corrected chi connectivity index (χ3v) is 4.83. The summed E-state index contributed by atoms with van der Waals surface area (Å²) in [6.45, 7) is 6.51. The van der Waals surface area contributed by atoms with Crippen LogP contribution in [0.2, 0.25) is 0 Å². The summed E-state index contributed by atoms with van der Waals surface area (Å²) in [5, 5.41) is 3.66. The largest absolute Gasteiger partial charge is 0.377 e. The van der Waals surface area contributed by atoms with E-state index in [1.807, 2.05) is 0 Å². The van der Waals surface area contributed by atoms with Gasteiger partial charge in [0.15, 0.2) is 0 Å². The Kier molecular flexibility index (Phi) is 5.15. The van der Waals surface area contributed by atoms with E-state index in [-0.39, 0.29) is 0 Å². The fraction of sp³-hybridized carbons (Fsp3) is 0.667. The molecular weight excluding hydrogens is 260 g/mol. The number of aryl methyl sites for hydroxylation is 1. The van der Waals surface area contributed by atoms with Crippen LogP contribution < -0.4 is 10.2 Å². The van der Waals surface area contributed by atoms with Crippen LogP contribution in [0.15, 0.2) is 24.3 Å². The highest BCUT2D eigenvalue weighted by molar-refractivity contribution is 5.54. The Morgan fingerprint density at radius 2 is 2.19 bits per heavy atom. The van der Waals surface area contributed by atoms with Crippen molar-refractivity contribution in [3.05, 3.63) is 29.8 Å². The summed E-state index contributed by atoms with van der Waals surface area (Å²) >= 11 is 0. The van der Waals surface area contributed by atoms with E-state index >= 15 is 0 Å². The van der Waals surface area contributed by atoms with Crippen molar-refractivity contribution in [2.75, 3.05) is 31.1 Å². The molecule has 2 aliphatic heterocycles. The standard InChI is InChI=1S/C18H28N2O/c1-15(18-10-6-14-21-18)19-11-13-20-12-5-4-8-16-7-2-3-9-17(16)20/h2-3,7,9,15,18-19H,4-6,8,10-14H2,1H3. The maximum atomic E-state index is 5.76. The number of para-hydroxylation sites is 1. The lowest BCUT2D eigenvalue weighted by atomic mass is 10.1. The minimum atomic E-state index is 0.418. The number of ether oxygens (including phenoxy) is 1. The van der Waals surface area contributed by atoms with Gasteiger partial charge in [0.1, 0.15) is 0 Å². The van der Waals surface area contributed by atoms with E-state index < -0.39 is 0 Å². The monoisotopic (exact) mass is 288 g/mol. The Morgan fingerprint density at radius 1 is 1.29 bits per heavy atom. The van der Waals surface area contributed by atoms with Crippen LogP contribution in [-0.2, 0) is 11.2 Å². The number of benzene rings is 1. The minimum absolute atomic E-state index is 0.418. The molecule has 116 valence electrons. The van der Waals surface area contributed by atoms with Gasteiger partial charge in [-0.25, -0.2) is 0 Å². The molecule has 0 aliphatic carbocycles. The van der Waals surface area contributed by atoms with Gasteiger partial charge in [0, 0.05) is 38.0 Å². The highest BCUT2D eigenvalue weighted by Crippen LogP contribution is 2.25. The average molecular weight is 288 g/mol. The Labute approximate surface area is 128 Å². The first-order valence-corrected chi connectivity index (χ1v) is 8.52. The molecule has 0 amide bonds. The van der Waals surface area contributed by atoms with Gasteiger partial charge in [-0.2, -0.15) is 0 Å². The molecule has 1 aromatic rings. The van der Waals surface area contributed by atoms with Crippen molar-refractivity contribution < 1.29 is 4.74 Å². The van der Waals surface area contributed by atoms with Gasteiger partial charge in [0.25, 0.3) is 0 Å². The summed E-state index contributed by atoms with van der Waals surface area (Å²) in [6, 6.07) is 9.37. The molecule has 2 atom stereocenters. The van der Waals surface area contributed by atoms with Crippen LogP contribution in [0.1, 0.15) is 38.2 Å². The number of hydrogen-bond donors (Lipinski definition) is 1. The van der Waals surface area contributed by atoms with E-state index in [1.54, 1.807) is 0 Å². The van der Waals surface area contributed by atoms with Gasteiger partial charge in [0.05, 0.1) is 6.10 Å². The Morgan fingerprint density at radius 3 is 3.05 bits per heavy atom. The van der Waals surface area contributed by atoms with E-state index in [9.17, 15) is 0 Å². The van der Waals surface area contributed by atoms with Gasteiger partial charge in [-0.1, -0.05) is 18.2 Å². The van der Waals surface area contributed by atoms with Crippen molar-refractivity contribution in [3.8, 4) is 0 Å². The molecule has 1 aromatic carbocycles. The molecule has 3 nitrogen and oxygen atoms in total. The van der Waals surface area contributed by atoms with E-state index in [2.05, 4.69) is 41.4 Å². The zero-order valence-corrected chi connectivity index (χ0v) is 13.2. The summed E-state index contributed by atoms with van der Waals surface area (Å²) < 4.78 is 5.76. The van der Waals surface area contributed by atoms with Crippen LogP contribution in [-0.4, -0.2) is 38.4 Å². The Bertz CT molecular complexity index is 443. The SMILES string of the molecule is CC(NCCN1CCCCc2ccccc21)C1CCCO1. The number of fused-ring (bicyclic) bond motifs is 1. The fourth-order valence-electron chi connectivity index (χ4n) is 3.56. The van der Waals surface area contributed by atoms with Gasteiger partial charge in [0.2, 0.25) is 0 Å². The molecule has 3 rings (SSSR count). The second-order valence-electron chi connectivity index (χ2n) is 6.37. The van der Waals surface area contributed by atoms with Crippen molar-refractivity contribution in [1.29, 1.82) is 0 Å². The first-order valence-electron chi connectivity index (χ1n) is 8.52. The molecule has 2 unspecified atom stereocenters. The second-order valence-corrected chi connectivity index (χ2v) is 6.37. The number of hydrogen-bond acceptors (Lipinski definition) is 3. The van der Waals surface area contributed by atoms with Gasteiger partial charge in [-0.3, -0.25) is 0 Å². The van der Waals surface area contributed by atoms with Crippen molar-refractivity contribution in [2.45, 2.75) is 51.2 Å². The van der Waals surface area contributed by atoms with Crippen LogP contribution >= 0.6 is 0 Å². The van der Waals surface area contributed by atoms with Crippen LogP contribution in [0.5, 0.6) is 0 Å². The molecule has 21 heavy (non-hydrogen) atoms. The maximum absolute atomic E-state index is 5.76. The van der Waals surface area contributed by atoms with E-state index in [4.69, 9.17) is 4.74 Å². The maximum Gasteiger partial charge on any atom is 0.0726 e. The van der Waals surface area contributed by atoms with Crippen LogP contribution in [0.25, 0.3) is 0 Å². The lowest BCUT2D eigenvalue weighted by Gasteiger charge is -2.27. The van der Waals surface area contributed by atoms with E-state index in [0.717, 1.165) is 19.7 Å². The number of anilines is 1. The summed E-state index contributed by atoms with van der Waals surface area (Å²) in [5.41, 5.74) is 2.96. The first-order chi connectivity index (χ1) is 10.3. The van der Waals surface area contributed by atoms with Crippen LogP contribution in [0.3, 0.4) is 0 Å². The molecule has 1 N–H and O–H groups in total. The van der Waals surface area contributed by atoms with Crippen LogP contribution in [0, 0.1) is 0 Å². The molecule has 2 heterocycles. The molecule has 1 fully saturated rings. The molecule has 0 aromatic heterocycles. The third-order valence-electron chi connectivity index (χ3n) is 4.83. The average Bonchev–Trinajstić information content (AvgIpc) is 2.97. The number of nitrogens with one attached hydrogen (secondary N) is 1. The Hall–Kier alpha value is -1.06. The zero-order chi connectivity index (χ0) is 14.5. The smallest absolute Gasteiger partial charge is 0.0726 e. The lowest BCUT2D eigenvalue weighted by Crippen LogP contribution is -2.41. The fourth-order valence-corrected chi connectivity index (χ4v) is 3.56. The molecule has 0 saturated carbocycles. The molecule has 0 radical (unpaired) electrons. The Balaban J connectivity index is 1.52. The first kappa shape index (κ1) is 14.9. The highest BCUT2D eigenvalue weighted by atomic mass is 16.5. The molecule has 1 saturated heterocycles. The van der Waals surface area contributed by atoms with Crippen molar-refractivity contribution in [1.82, 2.24) is 5.32 Å². The highest BCUT2D eigenvalue weighted by Gasteiger charge is 2.22. The molecular formula is C18H28N2O. The lowest BCUT2D eigenvalue weighted by molar-refractivity contribution is 0.0840. The van der Waals surface area contributed by atoms with Crippen molar-refractivity contribution in [3.63, 3.8) is 0 Å². The summed E-state index contributed by atoms with van der Waals surface area (Å²) in [5.74, 6) is 0. The predicted molar refractivity (Wildman–Crippen MR) is 88.0 cm³/mol. The van der Waals surface area contributed by atoms with Crippen LogP contribution in [0.4, 0.5) is 5.69 Å². The third kappa shape index (κ3) is 3.78. The van der Waals surface area contributed by atoms with Gasteiger partial charge >= 0.3 is 0 Å². The van der Waals surface area contributed by atoms with Gasteiger partial charge < -0.3 is 15.0 Å². The predicted octanol–water partition coefficient (Wildman–Crippen LogP) is 2.99. The second kappa shape index (κ2) is 7.28. The van der Waals surface area contributed by atoms with Crippen molar-refractivity contribution in [2.24, 2.45) is 0 Å². The normalized spacial score (nSPS) is 23.7. The molecule has 0 bridgehead atoms. The topological polar surface area (TPSA) is 24.5 Å². The minimum Gasteiger partial charge on any atom is -0.377 e. The molecule has 3 heteroatoms. The van der Waals surface area contributed by atoms with E-state index in [0.29, 0.717) is 12.1 Å². The van der Waals surface area contributed by atoms with Gasteiger partial charge in [-0.15, -0.1) is 0 Å². The summed E-state index contributed by atoms with van der Waals surface area (Å²) in [6.07, 6.45) is 6.69. The zero-order valence-electron chi connectivity index (χ0n) is 13.2. The van der Waals surface area contributed by atoms with Crippen molar-refractivity contribution >= 4 is 5.69 Å². The molecule has 0 spiro atoms. The summed E-state index contributed by atoms with van der Waals surface area (Å²) in [7, 11) is 0.